The van der Waals surface area contributed by atoms with Crippen LogP contribution in [0.5, 0.6) is 0 Å². The number of aliphatic imine (C=N–C) groups is 1. The van der Waals surface area contributed by atoms with E-state index in [1.54, 1.807) is 6.92 Å². The molecule has 0 spiro atoms. The third-order valence-electron chi connectivity index (χ3n) is 1.27. The van der Waals surface area contributed by atoms with Gasteiger partial charge in [-0.15, -0.1) is 0 Å². The van der Waals surface area contributed by atoms with Crippen molar-refractivity contribution in [2.24, 2.45) is 10.7 Å². The Hall–Kier alpha value is -1.32. The van der Waals surface area contributed by atoms with E-state index in [-0.39, 0.29) is 11.7 Å². The number of nitrogens with zero attached hydrogens (tertiary/aromatic N) is 1. The van der Waals surface area contributed by atoms with Crippen molar-refractivity contribution >= 4 is 11.7 Å². The lowest BCUT2D eigenvalue weighted by Crippen LogP contribution is -2.10. The van der Waals surface area contributed by atoms with Crippen LogP contribution in [0.2, 0.25) is 0 Å². The molecule has 0 unspecified atom stereocenters. The van der Waals surface area contributed by atoms with E-state index in [4.69, 9.17) is 10.5 Å². The molecule has 4 nitrogen and oxygen atoms in total. The van der Waals surface area contributed by atoms with Crippen molar-refractivity contribution in [3.8, 4) is 0 Å². The number of amidine groups is 1. The van der Waals surface area contributed by atoms with E-state index >= 15 is 0 Å². The molecule has 11 heavy (non-hydrogen) atoms. The molecule has 4 heteroatoms. The van der Waals surface area contributed by atoms with Crippen LogP contribution < -0.4 is 5.73 Å². The molecule has 0 aromatic heterocycles. The topological polar surface area (TPSA) is 64.7 Å². The molecule has 1 amide bonds. The summed E-state index contributed by atoms with van der Waals surface area (Å²) in [7, 11) is 0. The minimum absolute atomic E-state index is 0.280. The fourth-order valence-electron chi connectivity index (χ4n) is 0.777. The molecular weight excluding hydrogens is 144 g/mol. The van der Waals surface area contributed by atoms with E-state index in [1.807, 2.05) is 0 Å². The van der Waals surface area contributed by atoms with Gasteiger partial charge in [0.1, 0.15) is 5.84 Å². The summed E-state index contributed by atoms with van der Waals surface area (Å²) in [5, 5.41) is 0. The molecule has 1 aliphatic heterocycles. The highest BCUT2D eigenvalue weighted by Gasteiger charge is 2.13. The van der Waals surface area contributed by atoms with Crippen LogP contribution in [0, 0.1) is 0 Å². The minimum atomic E-state index is -0.289. The van der Waals surface area contributed by atoms with Gasteiger partial charge in [0.25, 0.3) is 5.91 Å². The van der Waals surface area contributed by atoms with Gasteiger partial charge in [0.15, 0.2) is 0 Å². The number of rotatable bonds is 1. The lowest BCUT2D eigenvalue weighted by Gasteiger charge is -1.91. The van der Waals surface area contributed by atoms with Crippen LogP contribution in [-0.4, -0.2) is 18.3 Å². The Morgan fingerprint density at radius 3 is 3.00 bits per heavy atom. The summed E-state index contributed by atoms with van der Waals surface area (Å²) in [6.07, 6.45) is 2.07. The number of carbonyl (C=O) groups excluding carboxylic acids is 1. The molecule has 0 aromatic carbocycles. The second-order valence-corrected chi connectivity index (χ2v) is 2.32. The second kappa shape index (κ2) is 3.18. The Kier molecular flexibility index (Phi) is 2.25. The molecule has 2 N–H and O–H groups in total. The number of hydrogen-bond donors (Lipinski definition) is 1. The van der Waals surface area contributed by atoms with E-state index in [2.05, 4.69) is 4.99 Å². The molecule has 60 valence electrons. The maximum absolute atomic E-state index is 11.0. The average Bonchev–Trinajstić information content (AvgIpc) is 2.35. The molecule has 0 fully saturated rings. The smallest absolute Gasteiger partial charge is 0.277 e. The van der Waals surface area contributed by atoms with E-state index < -0.39 is 0 Å². The first-order chi connectivity index (χ1) is 5.20. The van der Waals surface area contributed by atoms with Crippen molar-refractivity contribution < 1.29 is 9.53 Å². The molecule has 0 saturated carbocycles. The van der Waals surface area contributed by atoms with Gasteiger partial charge in [-0.25, -0.2) is 0 Å². The van der Waals surface area contributed by atoms with Crippen LogP contribution in [0.15, 0.2) is 16.8 Å². The average molecular weight is 154 g/mol. The largest absolute Gasteiger partial charge is 0.500 e. The van der Waals surface area contributed by atoms with Gasteiger partial charge >= 0.3 is 0 Å². The highest BCUT2D eigenvalue weighted by molar-refractivity contribution is 6.01. The van der Waals surface area contributed by atoms with E-state index in [0.717, 1.165) is 0 Å². The highest BCUT2D eigenvalue weighted by Crippen LogP contribution is 2.11. The summed E-state index contributed by atoms with van der Waals surface area (Å²) in [5.74, 6) is -0.00898. The zero-order chi connectivity index (χ0) is 8.27. The third kappa shape index (κ3) is 2.07. The monoisotopic (exact) mass is 154 g/mol. The van der Waals surface area contributed by atoms with Crippen LogP contribution in [-0.2, 0) is 9.53 Å². The molecule has 1 aliphatic rings. The van der Waals surface area contributed by atoms with Gasteiger partial charge in [0.05, 0.1) is 18.4 Å². The van der Waals surface area contributed by atoms with Crippen molar-refractivity contribution in [3.05, 3.63) is 11.8 Å². The normalized spacial score (nSPS) is 17.5. The number of carbonyl (C=O) groups is 1. The third-order valence-corrected chi connectivity index (χ3v) is 1.27. The Morgan fingerprint density at radius 1 is 1.82 bits per heavy atom. The zero-order valence-electron chi connectivity index (χ0n) is 6.33. The molecule has 0 atom stereocenters. The molecular formula is C7H10N2O2. The molecule has 0 bridgehead atoms. The number of ether oxygens (including phenoxy) is 1. The Morgan fingerprint density at radius 2 is 2.55 bits per heavy atom. The fraction of sp³-hybridized carbons (Fsp3) is 0.429. The van der Waals surface area contributed by atoms with Crippen molar-refractivity contribution in [1.29, 1.82) is 0 Å². The van der Waals surface area contributed by atoms with Crippen molar-refractivity contribution in [2.75, 3.05) is 6.61 Å². The van der Waals surface area contributed by atoms with Gasteiger partial charge in [0, 0.05) is 6.42 Å². The summed E-state index contributed by atoms with van der Waals surface area (Å²) in [6, 6.07) is 0. The standard InChI is InChI=1S/C7H10N2O2/c1-5(8)9-7(10)6-2-3-11-4-6/h4H,2-3H2,1H3,(H2,8,9,10). The number of amides is 1. The van der Waals surface area contributed by atoms with Gasteiger partial charge in [-0.05, 0) is 6.92 Å². The quantitative estimate of drug-likeness (QED) is 0.433. The molecule has 0 aliphatic carbocycles. The van der Waals surface area contributed by atoms with Crippen LogP contribution in [0.1, 0.15) is 13.3 Å². The van der Waals surface area contributed by atoms with Crippen LogP contribution >= 0.6 is 0 Å². The predicted octanol–water partition coefficient (Wildman–Crippen LogP) is 0.194. The summed E-state index contributed by atoms with van der Waals surface area (Å²) >= 11 is 0. The number of nitrogens with two attached hydrogens (primary N) is 1. The Balaban J connectivity index is 2.61. The summed E-state index contributed by atoms with van der Waals surface area (Å²) in [5.41, 5.74) is 5.81. The summed E-state index contributed by atoms with van der Waals surface area (Å²) in [6.45, 7) is 2.15. The Labute approximate surface area is 64.7 Å². The maximum Gasteiger partial charge on any atom is 0.277 e. The lowest BCUT2D eigenvalue weighted by atomic mass is 10.2. The van der Waals surface area contributed by atoms with E-state index in [0.29, 0.717) is 18.6 Å². The highest BCUT2D eigenvalue weighted by atomic mass is 16.5. The van der Waals surface area contributed by atoms with Crippen molar-refractivity contribution in [3.63, 3.8) is 0 Å². The van der Waals surface area contributed by atoms with Gasteiger partial charge in [0.2, 0.25) is 0 Å². The summed E-state index contributed by atoms with van der Waals surface area (Å²) < 4.78 is 4.87. The summed E-state index contributed by atoms with van der Waals surface area (Å²) in [4.78, 5) is 14.6. The molecule has 0 saturated heterocycles. The first-order valence-electron chi connectivity index (χ1n) is 3.36. The van der Waals surface area contributed by atoms with Crippen LogP contribution in [0.3, 0.4) is 0 Å². The van der Waals surface area contributed by atoms with Crippen molar-refractivity contribution in [2.45, 2.75) is 13.3 Å². The maximum atomic E-state index is 11.0. The zero-order valence-corrected chi connectivity index (χ0v) is 6.33. The predicted molar refractivity (Wildman–Crippen MR) is 41.0 cm³/mol. The Bertz CT molecular complexity index is 227. The van der Waals surface area contributed by atoms with E-state index in [1.165, 1.54) is 6.26 Å². The van der Waals surface area contributed by atoms with Gasteiger partial charge < -0.3 is 10.5 Å². The SMILES string of the molecule is CC(N)=NC(=O)C1=COCC1. The number of hydrogen-bond acceptors (Lipinski definition) is 2. The lowest BCUT2D eigenvalue weighted by molar-refractivity contribution is -0.114. The fourth-order valence-corrected chi connectivity index (χ4v) is 0.777. The first kappa shape index (κ1) is 7.78. The molecule has 0 radical (unpaired) electrons. The van der Waals surface area contributed by atoms with Crippen LogP contribution in [0.4, 0.5) is 0 Å². The molecule has 1 rings (SSSR count). The van der Waals surface area contributed by atoms with Gasteiger partial charge in [-0.2, -0.15) is 4.99 Å². The van der Waals surface area contributed by atoms with E-state index in [9.17, 15) is 4.79 Å². The molecule has 0 aromatic rings. The second-order valence-electron chi connectivity index (χ2n) is 2.32. The van der Waals surface area contributed by atoms with Crippen LogP contribution in [0.25, 0.3) is 0 Å². The molecule has 1 heterocycles. The van der Waals surface area contributed by atoms with Gasteiger partial charge in [-0.1, -0.05) is 0 Å². The van der Waals surface area contributed by atoms with Crippen molar-refractivity contribution in [1.82, 2.24) is 0 Å². The van der Waals surface area contributed by atoms with Gasteiger partial charge in [-0.3, -0.25) is 4.79 Å². The first-order valence-corrected chi connectivity index (χ1v) is 3.36. The minimum Gasteiger partial charge on any atom is -0.500 e.